The summed E-state index contributed by atoms with van der Waals surface area (Å²) in [6.07, 6.45) is 75.6. The molecule has 104 heavy (non-hydrogen) atoms. The normalized spacial score (nSPS) is 13.9. The van der Waals surface area contributed by atoms with Crippen molar-refractivity contribution in [2.75, 3.05) is 39.6 Å². The van der Waals surface area contributed by atoms with Crippen LogP contribution >= 0.6 is 15.6 Å². The van der Waals surface area contributed by atoms with Gasteiger partial charge in [0.05, 0.1) is 26.4 Å². The third-order valence-electron chi connectivity index (χ3n) is 19.4. The molecular weight excluding hydrogens is 1350 g/mol. The Morgan fingerprint density at radius 2 is 0.471 bits per heavy atom. The Morgan fingerprint density at radius 1 is 0.269 bits per heavy atom. The van der Waals surface area contributed by atoms with E-state index in [0.717, 1.165) is 116 Å². The van der Waals surface area contributed by atoms with Crippen molar-refractivity contribution >= 4 is 39.5 Å². The highest BCUT2D eigenvalue weighted by atomic mass is 31.2. The molecule has 0 aliphatic rings. The standard InChI is InChI=1S/C85H162O17P2/c1-5-9-13-17-21-25-29-33-37-39-43-47-51-55-59-63-67-71-84(89)101-80(75-95-82(87)69-65-61-57-53-49-45-41-35-31-27-23-19-15-11-7-3)77-99-103(91,92)97-73-79(86)74-98-104(93,94)100-78-81(76-96-83(88)70-66-62-58-54-50-46-42-36-32-28-24-20-16-12-8-4)102-85(90)72-68-64-60-56-52-48-44-40-38-34-30-26-22-18-14-10-6-2/h23,27,35,41,79-81,86H,5-22,24-26,28-34,36-40,42-78H2,1-4H3,(H,91,92)(H,93,94)/b27-23-,41-35-/t79-,80-,81-/m1/s1. The molecule has 0 saturated heterocycles. The highest BCUT2D eigenvalue weighted by Crippen LogP contribution is 2.45. The highest BCUT2D eigenvalue weighted by Gasteiger charge is 2.30. The minimum absolute atomic E-state index is 0.103. The molecule has 0 spiro atoms. The lowest BCUT2D eigenvalue weighted by Crippen LogP contribution is -2.30. The average molecular weight is 1520 g/mol. The van der Waals surface area contributed by atoms with E-state index in [1.807, 2.05) is 0 Å². The highest BCUT2D eigenvalue weighted by molar-refractivity contribution is 7.47. The second-order valence-electron chi connectivity index (χ2n) is 29.9. The Morgan fingerprint density at radius 3 is 0.731 bits per heavy atom. The van der Waals surface area contributed by atoms with Gasteiger partial charge in [-0.2, -0.15) is 0 Å². The quantitative estimate of drug-likeness (QED) is 0.0169. The van der Waals surface area contributed by atoms with Crippen molar-refractivity contribution < 1.29 is 80.2 Å². The number of carbonyl (C=O) groups excluding carboxylic acids is 4. The SMILES string of the molecule is CCCCC/C=C\C/C=C\CCCCCCCC(=O)OC[C@H](COP(=O)(O)OC[C@@H](O)COP(=O)(O)OC[C@@H](COC(=O)CCCCCCCCCCCCCCCCC)OC(=O)CCCCCCCCCCCCCCCCCCC)OC(=O)CCCCCCCCCCCCCCCCCCC. The van der Waals surface area contributed by atoms with Crippen molar-refractivity contribution in [3.05, 3.63) is 24.3 Å². The second kappa shape index (κ2) is 78.7. The van der Waals surface area contributed by atoms with E-state index < -0.39 is 97.5 Å². The smallest absolute Gasteiger partial charge is 0.462 e. The predicted molar refractivity (Wildman–Crippen MR) is 428 cm³/mol. The predicted octanol–water partition coefficient (Wildman–Crippen LogP) is 25.7. The van der Waals surface area contributed by atoms with Gasteiger partial charge >= 0.3 is 39.5 Å². The molecule has 614 valence electrons. The summed E-state index contributed by atoms with van der Waals surface area (Å²) >= 11 is 0. The number of aliphatic hydroxyl groups is 1. The van der Waals surface area contributed by atoms with Gasteiger partial charge in [-0.25, -0.2) is 9.13 Å². The number of phosphoric acid groups is 2. The molecule has 2 unspecified atom stereocenters. The van der Waals surface area contributed by atoms with Crippen molar-refractivity contribution in [1.82, 2.24) is 0 Å². The molecule has 0 aliphatic carbocycles. The summed E-state index contributed by atoms with van der Waals surface area (Å²) in [5.74, 6) is -2.13. The monoisotopic (exact) mass is 1520 g/mol. The van der Waals surface area contributed by atoms with Crippen LogP contribution in [0.15, 0.2) is 24.3 Å². The number of rotatable bonds is 84. The first kappa shape index (κ1) is 102. The third-order valence-corrected chi connectivity index (χ3v) is 21.4. The third kappa shape index (κ3) is 77.7. The number of esters is 4. The summed E-state index contributed by atoms with van der Waals surface area (Å²) < 4.78 is 68.9. The van der Waals surface area contributed by atoms with Crippen LogP contribution in [0.5, 0.6) is 0 Å². The largest absolute Gasteiger partial charge is 0.472 e. The van der Waals surface area contributed by atoms with E-state index in [2.05, 4.69) is 52.0 Å². The Kier molecular flexibility index (Phi) is 76.8. The van der Waals surface area contributed by atoms with Crippen LogP contribution in [0.25, 0.3) is 0 Å². The molecule has 0 radical (unpaired) electrons. The number of aliphatic hydroxyl groups excluding tert-OH is 1. The minimum atomic E-state index is -4.97. The van der Waals surface area contributed by atoms with Crippen molar-refractivity contribution in [3.8, 4) is 0 Å². The Hall–Kier alpha value is -2.46. The van der Waals surface area contributed by atoms with Gasteiger partial charge in [0, 0.05) is 25.7 Å². The number of hydrogen-bond donors (Lipinski definition) is 3. The van der Waals surface area contributed by atoms with Gasteiger partial charge in [0.25, 0.3) is 0 Å². The molecule has 0 amide bonds. The molecule has 0 aliphatic heterocycles. The molecule has 0 fully saturated rings. The summed E-state index contributed by atoms with van der Waals surface area (Å²) in [4.78, 5) is 73.2. The number of phosphoric ester groups is 2. The number of hydrogen-bond acceptors (Lipinski definition) is 15. The maximum absolute atomic E-state index is 13.1. The van der Waals surface area contributed by atoms with Gasteiger partial charge in [0.15, 0.2) is 12.2 Å². The van der Waals surface area contributed by atoms with Crippen LogP contribution in [0, 0.1) is 0 Å². The van der Waals surface area contributed by atoms with E-state index in [4.69, 9.17) is 37.0 Å². The lowest BCUT2D eigenvalue weighted by Gasteiger charge is -2.21. The van der Waals surface area contributed by atoms with Crippen LogP contribution in [0.4, 0.5) is 0 Å². The summed E-state index contributed by atoms with van der Waals surface area (Å²) in [5, 5.41) is 10.7. The first-order valence-corrected chi connectivity index (χ1v) is 46.6. The molecule has 0 rings (SSSR count). The number of ether oxygens (including phenoxy) is 4. The Labute approximate surface area is 637 Å². The van der Waals surface area contributed by atoms with Crippen LogP contribution in [-0.4, -0.2) is 96.7 Å². The zero-order valence-electron chi connectivity index (χ0n) is 67.5. The van der Waals surface area contributed by atoms with Crippen LogP contribution in [-0.2, 0) is 65.4 Å². The van der Waals surface area contributed by atoms with E-state index in [0.29, 0.717) is 25.7 Å². The van der Waals surface area contributed by atoms with Gasteiger partial charge in [-0.05, 0) is 57.8 Å². The van der Waals surface area contributed by atoms with Crippen LogP contribution in [0.1, 0.15) is 439 Å². The zero-order valence-corrected chi connectivity index (χ0v) is 69.3. The lowest BCUT2D eigenvalue weighted by molar-refractivity contribution is -0.161. The number of allylic oxidation sites excluding steroid dienone is 4. The average Bonchev–Trinajstić information content (AvgIpc) is 1.44. The molecule has 0 aromatic rings. The Bertz CT molecular complexity index is 2060. The van der Waals surface area contributed by atoms with Gasteiger partial charge in [-0.15, -0.1) is 0 Å². The summed E-state index contributed by atoms with van der Waals surface area (Å²) in [5.41, 5.74) is 0. The van der Waals surface area contributed by atoms with E-state index in [-0.39, 0.29) is 25.7 Å². The molecule has 5 atom stereocenters. The van der Waals surface area contributed by atoms with Gasteiger partial charge < -0.3 is 33.8 Å². The van der Waals surface area contributed by atoms with E-state index >= 15 is 0 Å². The maximum atomic E-state index is 13.1. The van der Waals surface area contributed by atoms with Gasteiger partial charge in [-0.1, -0.05) is 379 Å². The fourth-order valence-electron chi connectivity index (χ4n) is 12.8. The summed E-state index contributed by atoms with van der Waals surface area (Å²) in [7, 11) is -9.94. The topological polar surface area (TPSA) is 237 Å². The van der Waals surface area contributed by atoms with E-state index in [1.54, 1.807) is 0 Å². The van der Waals surface area contributed by atoms with E-state index in [1.165, 1.54) is 244 Å². The second-order valence-corrected chi connectivity index (χ2v) is 32.8. The molecule has 17 nitrogen and oxygen atoms in total. The molecule has 19 heteroatoms. The van der Waals surface area contributed by atoms with Gasteiger partial charge in [0.1, 0.15) is 19.3 Å². The van der Waals surface area contributed by atoms with Crippen molar-refractivity contribution in [2.24, 2.45) is 0 Å². The van der Waals surface area contributed by atoms with Crippen molar-refractivity contribution in [3.63, 3.8) is 0 Å². The molecule has 0 bridgehead atoms. The van der Waals surface area contributed by atoms with Crippen LogP contribution in [0.2, 0.25) is 0 Å². The fraction of sp³-hybridized carbons (Fsp3) is 0.906. The minimum Gasteiger partial charge on any atom is -0.462 e. The van der Waals surface area contributed by atoms with Crippen LogP contribution in [0.3, 0.4) is 0 Å². The molecule has 0 aromatic heterocycles. The molecule has 0 saturated carbocycles. The van der Waals surface area contributed by atoms with Crippen LogP contribution < -0.4 is 0 Å². The summed E-state index contributed by atoms with van der Waals surface area (Å²) in [6.45, 7) is 4.99. The van der Waals surface area contributed by atoms with Gasteiger partial charge in [-0.3, -0.25) is 37.3 Å². The number of unbranched alkanes of at least 4 members (excludes halogenated alkanes) is 54. The fourth-order valence-corrected chi connectivity index (χ4v) is 14.4. The molecule has 0 heterocycles. The molecular formula is C85H162O17P2. The first-order chi connectivity index (χ1) is 50.7. The van der Waals surface area contributed by atoms with Crippen molar-refractivity contribution in [1.29, 1.82) is 0 Å². The number of carbonyl (C=O) groups is 4. The molecule has 3 N–H and O–H groups in total. The lowest BCUT2D eigenvalue weighted by atomic mass is 10.0. The zero-order chi connectivity index (χ0) is 76.0. The first-order valence-electron chi connectivity index (χ1n) is 43.6. The van der Waals surface area contributed by atoms with Gasteiger partial charge in [0.2, 0.25) is 0 Å². The summed E-state index contributed by atoms with van der Waals surface area (Å²) in [6, 6.07) is 0. The Balaban J connectivity index is 5.30. The molecule has 0 aromatic carbocycles. The van der Waals surface area contributed by atoms with E-state index in [9.17, 15) is 43.2 Å². The maximum Gasteiger partial charge on any atom is 0.472 e. The van der Waals surface area contributed by atoms with Crippen molar-refractivity contribution in [2.45, 2.75) is 457 Å².